The SMILES string of the molecule is O=C(NCCCCC1CCN(C(=O)c2cc(F)ccc2F)CC1)c1cc2c([nH]1)CC1(CCCCCCCCC1)NC2. The van der Waals surface area contributed by atoms with Gasteiger partial charge in [0.25, 0.3) is 11.8 Å². The molecule has 8 heteroatoms. The molecule has 3 aliphatic rings. The van der Waals surface area contributed by atoms with Crippen molar-refractivity contribution in [2.24, 2.45) is 5.92 Å². The van der Waals surface area contributed by atoms with Gasteiger partial charge in [-0.1, -0.05) is 57.8 Å². The number of unbranched alkanes of at least 4 members (excludes halogenated alkanes) is 1. The number of halogens is 2. The van der Waals surface area contributed by atoms with Gasteiger partial charge in [0.15, 0.2) is 0 Å². The zero-order valence-corrected chi connectivity index (χ0v) is 24.3. The molecule has 0 bridgehead atoms. The summed E-state index contributed by atoms with van der Waals surface area (Å²) in [5, 5.41) is 6.96. The largest absolute Gasteiger partial charge is 0.354 e. The average molecular weight is 569 g/mol. The number of aromatic amines is 1. The molecule has 1 saturated carbocycles. The van der Waals surface area contributed by atoms with Gasteiger partial charge in [0, 0.05) is 43.8 Å². The summed E-state index contributed by atoms with van der Waals surface area (Å²) in [6.45, 7) is 2.59. The summed E-state index contributed by atoms with van der Waals surface area (Å²) in [7, 11) is 0. The molecular weight excluding hydrogens is 522 g/mol. The second-order valence-corrected chi connectivity index (χ2v) is 12.6. The second-order valence-electron chi connectivity index (χ2n) is 12.6. The van der Waals surface area contributed by atoms with Crippen molar-refractivity contribution in [1.29, 1.82) is 0 Å². The van der Waals surface area contributed by atoms with E-state index in [1.807, 2.05) is 6.07 Å². The average Bonchev–Trinajstić information content (AvgIpc) is 3.41. The highest BCUT2D eigenvalue weighted by molar-refractivity contribution is 5.94. The zero-order valence-electron chi connectivity index (χ0n) is 24.3. The molecule has 2 aliphatic heterocycles. The molecule has 0 unspecified atom stereocenters. The van der Waals surface area contributed by atoms with Crippen molar-refractivity contribution in [2.75, 3.05) is 19.6 Å². The van der Waals surface area contributed by atoms with Crippen LogP contribution in [-0.2, 0) is 13.0 Å². The first-order valence-electron chi connectivity index (χ1n) is 15.9. The highest BCUT2D eigenvalue weighted by Gasteiger charge is 2.35. The maximum absolute atomic E-state index is 14.0. The Morgan fingerprint density at radius 1 is 0.951 bits per heavy atom. The van der Waals surface area contributed by atoms with E-state index in [0.717, 1.165) is 63.3 Å². The van der Waals surface area contributed by atoms with Crippen molar-refractivity contribution in [3.05, 3.63) is 58.4 Å². The van der Waals surface area contributed by atoms with Crippen molar-refractivity contribution in [3.8, 4) is 0 Å². The van der Waals surface area contributed by atoms with E-state index in [1.54, 1.807) is 4.90 Å². The van der Waals surface area contributed by atoms with Crippen LogP contribution in [0.4, 0.5) is 8.78 Å². The summed E-state index contributed by atoms with van der Waals surface area (Å²) < 4.78 is 27.5. The number of H-pyrrole nitrogens is 1. The maximum atomic E-state index is 14.0. The summed E-state index contributed by atoms with van der Waals surface area (Å²) in [4.78, 5) is 30.6. The number of amides is 2. The number of hydrogen-bond acceptors (Lipinski definition) is 3. The Kier molecular flexibility index (Phi) is 10.1. The van der Waals surface area contributed by atoms with Crippen LogP contribution in [0.1, 0.15) is 122 Å². The monoisotopic (exact) mass is 568 g/mol. The number of carbonyl (C=O) groups excluding carboxylic acids is 2. The Labute approximate surface area is 243 Å². The number of carbonyl (C=O) groups is 2. The van der Waals surface area contributed by atoms with Gasteiger partial charge in [-0.3, -0.25) is 9.59 Å². The molecule has 1 spiro atoms. The lowest BCUT2D eigenvalue weighted by Gasteiger charge is -2.39. The number of aromatic nitrogens is 1. The van der Waals surface area contributed by atoms with Gasteiger partial charge in [-0.2, -0.15) is 0 Å². The highest BCUT2D eigenvalue weighted by atomic mass is 19.1. The third kappa shape index (κ3) is 7.76. The Morgan fingerprint density at radius 2 is 1.66 bits per heavy atom. The van der Waals surface area contributed by atoms with Crippen LogP contribution in [0.2, 0.25) is 0 Å². The third-order valence-electron chi connectivity index (χ3n) is 9.60. The minimum absolute atomic E-state index is 0.0317. The van der Waals surface area contributed by atoms with Crippen LogP contribution in [0, 0.1) is 17.6 Å². The number of rotatable bonds is 7. The molecule has 2 aromatic rings. The van der Waals surface area contributed by atoms with E-state index in [1.165, 1.54) is 69.0 Å². The van der Waals surface area contributed by atoms with Gasteiger partial charge in [0.1, 0.15) is 17.3 Å². The summed E-state index contributed by atoms with van der Waals surface area (Å²) in [5.74, 6) is -1.24. The molecule has 224 valence electrons. The van der Waals surface area contributed by atoms with Crippen LogP contribution in [0.5, 0.6) is 0 Å². The molecule has 0 atom stereocenters. The van der Waals surface area contributed by atoms with Crippen LogP contribution < -0.4 is 10.6 Å². The Morgan fingerprint density at radius 3 is 2.39 bits per heavy atom. The van der Waals surface area contributed by atoms with Gasteiger partial charge in [0.2, 0.25) is 0 Å². The molecule has 1 aromatic heterocycles. The van der Waals surface area contributed by atoms with Crippen molar-refractivity contribution in [2.45, 2.75) is 108 Å². The van der Waals surface area contributed by atoms with Crippen molar-refractivity contribution >= 4 is 11.8 Å². The van der Waals surface area contributed by atoms with Crippen molar-refractivity contribution in [1.82, 2.24) is 20.5 Å². The fourth-order valence-corrected chi connectivity index (χ4v) is 7.06. The number of likely N-dealkylation sites (tertiary alicyclic amines) is 1. The fourth-order valence-electron chi connectivity index (χ4n) is 7.06. The lowest BCUT2D eigenvalue weighted by molar-refractivity contribution is 0.0680. The molecule has 1 aromatic carbocycles. The topological polar surface area (TPSA) is 77.2 Å². The predicted molar refractivity (Wildman–Crippen MR) is 157 cm³/mol. The summed E-state index contributed by atoms with van der Waals surface area (Å²) in [6, 6.07) is 5.04. The second kappa shape index (κ2) is 14.0. The lowest BCUT2D eigenvalue weighted by Crippen LogP contribution is -2.49. The van der Waals surface area contributed by atoms with Gasteiger partial charge in [-0.05, 0) is 67.9 Å². The number of nitrogens with zero attached hydrogens (tertiary/aromatic N) is 1. The molecule has 6 nitrogen and oxygen atoms in total. The number of benzene rings is 1. The quantitative estimate of drug-likeness (QED) is 0.327. The van der Waals surface area contributed by atoms with E-state index in [4.69, 9.17) is 0 Å². The van der Waals surface area contributed by atoms with Crippen LogP contribution in [0.3, 0.4) is 0 Å². The van der Waals surface area contributed by atoms with Gasteiger partial charge in [-0.25, -0.2) is 8.78 Å². The third-order valence-corrected chi connectivity index (χ3v) is 9.60. The van der Waals surface area contributed by atoms with Crippen molar-refractivity contribution in [3.63, 3.8) is 0 Å². The van der Waals surface area contributed by atoms with Crippen molar-refractivity contribution < 1.29 is 18.4 Å². The minimum atomic E-state index is -0.679. The summed E-state index contributed by atoms with van der Waals surface area (Å²) >= 11 is 0. The van der Waals surface area contributed by atoms with E-state index in [2.05, 4.69) is 15.6 Å². The standard InChI is InChI=1S/C33H46F2N4O2/c34-26-11-12-28(35)27(21-26)32(41)39-18-13-24(14-19-39)10-6-9-17-36-31(40)29-20-25-23-37-33(22-30(25)38-29)15-7-4-2-1-3-5-8-16-33/h11-12,20-21,24,37-38H,1-10,13-19,22-23H2,(H,36,40). The maximum Gasteiger partial charge on any atom is 0.267 e. The molecule has 3 heterocycles. The van der Waals surface area contributed by atoms with E-state index in [9.17, 15) is 18.4 Å². The first kappa shape index (κ1) is 29.7. The lowest BCUT2D eigenvalue weighted by atomic mass is 9.79. The molecule has 5 rings (SSSR count). The number of hydrogen-bond donors (Lipinski definition) is 3. The van der Waals surface area contributed by atoms with E-state index >= 15 is 0 Å². The summed E-state index contributed by atoms with van der Waals surface area (Å²) in [6.07, 6.45) is 17.4. The van der Waals surface area contributed by atoms with Gasteiger partial charge >= 0.3 is 0 Å². The van der Waals surface area contributed by atoms with Crippen LogP contribution >= 0.6 is 0 Å². The Balaban J connectivity index is 1.01. The first-order valence-corrected chi connectivity index (χ1v) is 15.9. The number of fused-ring (bicyclic) bond motifs is 1. The molecule has 2 fully saturated rings. The molecule has 2 amide bonds. The van der Waals surface area contributed by atoms with Crippen LogP contribution in [0.25, 0.3) is 0 Å². The minimum Gasteiger partial charge on any atom is -0.354 e. The normalized spacial score (nSPS) is 20.0. The highest BCUT2D eigenvalue weighted by Crippen LogP contribution is 2.33. The van der Waals surface area contributed by atoms with Gasteiger partial charge in [-0.15, -0.1) is 0 Å². The molecule has 1 aliphatic carbocycles. The molecule has 1 saturated heterocycles. The molecule has 0 radical (unpaired) electrons. The molecule has 41 heavy (non-hydrogen) atoms. The van der Waals surface area contributed by atoms with Crippen LogP contribution in [0.15, 0.2) is 24.3 Å². The first-order chi connectivity index (χ1) is 19.9. The van der Waals surface area contributed by atoms with E-state index in [-0.39, 0.29) is 17.0 Å². The predicted octanol–water partition coefficient (Wildman–Crippen LogP) is 6.65. The zero-order chi connectivity index (χ0) is 28.7. The summed E-state index contributed by atoms with van der Waals surface area (Å²) in [5.41, 5.74) is 3.10. The van der Waals surface area contributed by atoms with Gasteiger partial charge < -0.3 is 20.5 Å². The Hall–Kier alpha value is -2.74. The molecule has 3 N–H and O–H groups in total. The number of piperidine rings is 1. The van der Waals surface area contributed by atoms with Gasteiger partial charge in [0.05, 0.1) is 5.56 Å². The molecular formula is C33H46F2N4O2. The number of nitrogens with one attached hydrogen (secondary N) is 3. The van der Waals surface area contributed by atoms with E-state index in [0.29, 0.717) is 31.2 Å². The van der Waals surface area contributed by atoms with Crippen LogP contribution in [-0.4, -0.2) is 46.9 Å². The smallest absolute Gasteiger partial charge is 0.267 e. The van der Waals surface area contributed by atoms with E-state index < -0.39 is 17.5 Å². The fraction of sp³-hybridized carbons (Fsp3) is 0.636. The Bertz CT molecular complexity index is 1180.